The first-order valence-corrected chi connectivity index (χ1v) is 8.57. The summed E-state index contributed by atoms with van der Waals surface area (Å²) in [6.45, 7) is 1.82. The van der Waals surface area contributed by atoms with Gasteiger partial charge in [-0.2, -0.15) is 10.3 Å². The molecule has 2 aromatic carbocycles. The number of benzene rings is 2. The van der Waals surface area contributed by atoms with Gasteiger partial charge in [0.15, 0.2) is 0 Å². The fraction of sp³-hybridized carbons (Fsp3) is 0.190. The molecular weight excluding hydrogens is 322 g/mol. The monoisotopic (exact) mass is 343 g/mol. The number of aliphatic imine (C=N–C) groups is 1. The number of nitriles is 1. The molecule has 0 saturated heterocycles. The van der Waals surface area contributed by atoms with Crippen molar-refractivity contribution in [3.8, 4) is 6.19 Å². The summed E-state index contributed by atoms with van der Waals surface area (Å²) in [6, 6.07) is 18.3. The molecular formula is C21H21N5. The van der Waals surface area contributed by atoms with E-state index in [2.05, 4.69) is 39.1 Å². The minimum atomic E-state index is 0.501. The van der Waals surface area contributed by atoms with Crippen LogP contribution < -0.4 is 5.73 Å². The maximum absolute atomic E-state index is 9.17. The van der Waals surface area contributed by atoms with Gasteiger partial charge in [0, 0.05) is 43.8 Å². The second kappa shape index (κ2) is 8.75. The highest BCUT2D eigenvalue weighted by atomic mass is 15.2. The summed E-state index contributed by atoms with van der Waals surface area (Å²) in [5.74, 6) is 0.732. The molecule has 0 radical (unpaired) electrons. The van der Waals surface area contributed by atoms with Crippen LogP contribution in [-0.2, 0) is 13.0 Å². The molecule has 3 aromatic rings. The third-order valence-electron chi connectivity index (χ3n) is 4.23. The number of rotatable bonds is 6. The van der Waals surface area contributed by atoms with Crippen molar-refractivity contribution in [3.05, 3.63) is 78.1 Å². The Bertz CT molecular complexity index is 928. The highest BCUT2D eigenvalue weighted by Gasteiger charge is 2.13. The van der Waals surface area contributed by atoms with Crippen molar-refractivity contribution in [2.45, 2.75) is 13.0 Å². The minimum absolute atomic E-state index is 0.501. The molecule has 0 atom stereocenters. The van der Waals surface area contributed by atoms with Crippen LogP contribution in [-0.4, -0.2) is 28.8 Å². The number of fused-ring (bicyclic) bond motifs is 1. The molecule has 5 heteroatoms. The van der Waals surface area contributed by atoms with Gasteiger partial charge < -0.3 is 10.6 Å². The van der Waals surface area contributed by atoms with Crippen LogP contribution in [0.3, 0.4) is 0 Å². The Morgan fingerprint density at radius 3 is 2.69 bits per heavy atom. The van der Waals surface area contributed by atoms with Gasteiger partial charge in [0.25, 0.3) is 0 Å². The number of nitrogens with two attached hydrogens (primary N) is 1. The van der Waals surface area contributed by atoms with Gasteiger partial charge in [-0.3, -0.25) is 4.98 Å². The van der Waals surface area contributed by atoms with Crippen molar-refractivity contribution < 1.29 is 0 Å². The van der Waals surface area contributed by atoms with E-state index in [1.54, 1.807) is 6.20 Å². The predicted octanol–water partition coefficient (Wildman–Crippen LogP) is 3.12. The average Bonchev–Trinajstić information content (AvgIpc) is 2.68. The number of hydrogen-bond acceptors (Lipinski definition) is 4. The smallest absolute Gasteiger partial charge is 0.207 e. The van der Waals surface area contributed by atoms with Crippen molar-refractivity contribution in [2.75, 3.05) is 13.1 Å². The fourth-order valence-electron chi connectivity index (χ4n) is 2.96. The lowest BCUT2D eigenvalue weighted by molar-refractivity contribution is 0.416. The van der Waals surface area contributed by atoms with E-state index in [4.69, 9.17) is 11.0 Å². The summed E-state index contributed by atoms with van der Waals surface area (Å²) in [7, 11) is 0. The fourth-order valence-corrected chi connectivity index (χ4v) is 2.96. The van der Waals surface area contributed by atoms with Crippen LogP contribution in [0.2, 0.25) is 0 Å². The van der Waals surface area contributed by atoms with E-state index in [0.717, 1.165) is 27.7 Å². The Kier molecular flexibility index (Phi) is 5.92. The molecule has 0 fully saturated rings. The van der Waals surface area contributed by atoms with E-state index in [-0.39, 0.29) is 0 Å². The van der Waals surface area contributed by atoms with Crippen molar-refractivity contribution in [3.63, 3.8) is 0 Å². The molecule has 1 aromatic heterocycles. The molecule has 0 aliphatic heterocycles. The topological polar surface area (TPSA) is 78.3 Å². The summed E-state index contributed by atoms with van der Waals surface area (Å²) in [6.07, 6.45) is 6.16. The van der Waals surface area contributed by atoms with Crippen LogP contribution in [0.15, 0.2) is 72.0 Å². The Balaban J connectivity index is 1.85. The van der Waals surface area contributed by atoms with Crippen LogP contribution in [0.5, 0.6) is 0 Å². The van der Waals surface area contributed by atoms with E-state index >= 15 is 0 Å². The lowest BCUT2D eigenvalue weighted by atomic mass is 10.1. The largest absolute Gasteiger partial charge is 0.353 e. The van der Waals surface area contributed by atoms with Gasteiger partial charge >= 0.3 is 0 Å². The molecule has 5 nitrogen and oxygen atoms in total. The first-order chi connectivity index (χ1) is 12.8. The second-order valence-electron chi connectivity index (χ2n) is 6.06. The van der Waals surface area contributed by atoms with Gasteiger partial charge in [0.05, 0.1) is 0 Å². The van der Waals surface area contributed by atoms with Crippen LogP contribution in [0.1, 0.15) is 11.1 Å². The van der Waals surface area contributed by atoms with Gasteiger partial charge in [0.2, 0.25) is 6.19 Å². The first-order valence-electron chi connectivity index (χ1n) is 8.57. The summed E-state index contributed by atoms with van der Waals surface area (Å²) in [5, 5.41) is 11.4. The van der Waals surface area contributed by atoms with Crippen LogP contribution >= 0.6 is 0 Å². The lowest BCUT2D eigenvalue weighted by Crippen LogP contribution is -2.36. The molecule has 0 aliphatic carbocycles. The standard InChI is InChI=1S/C21H21N5/c22-9-11-26(15-17-4-2-1-3-5-17)21(25-16-23)13-18-6-7-20-14-24-10-8-19(20)12-18/h1-8,10,12,14H,9,11,13,15,22H2. The number of nitrogens with zero attached hydrogens (tertiary/aromatic N) is 4. The normalized spacial score (nSPS) is 11.3. The lowest BCUT2D eigenvalue weighted by Gasteiger charge is -2.25. The van der Waals surface area contributed by atoms with Crippen LogP contribution in [0, 0.1) is 11.5 Å². The molecule has 0 amide bonds. The average molecular weight is 343 g/mol. The second-order valence-corrected chi connectivity index (χ2v) is 6.06. The van der Waals surface area contributed by atoms with E-state index in [9.17, 15) is 0 Å². The summed E-state index contributed by atoms with van der Waals surface area (Å²) < 4.78 is 0. The maximum atomic E-state index is 9.17. The number of amidine groups is 1. The minimum Gasteiger partial charge on any atom is -0.353 e. The SMILES string of the molecule is N#CN=C(Cc1ccc2cnccc2c1)N(CCN)Cc1ccccc1. The third-order valence-corrected chi connectivity index (χ3v) is 4.23. The quantitative estimate of drug-likeness (QED) is 0.424. The van der Waals surface area contributed by atoms with E-state index in [1.165, 1.54) is 0 Å². The Hall–Kier alpha value is -3.23. The summed E-state index contributed by atoms with van der Waals surface area (Å²) in [5.41, 5.74) is 8.07. The number of aromatic nitrogens is 1. The van der Waals surface area contributed by atoms with Crippen molar-refractivity contribution in [2.24, 2.45) is 10.7 Å². The molecule has 0 spiro atoms. The summed E-state index contributed by atoms with van der Waals surface area (Å²) in [4.78, 5) is 10.3. The highest BCUT2D eigenvalue weighted by molar-refractivity contribution is 5.88. The van der Waals surface area contributed by atoms with Crippen molar-refractivity contribution in [1.29, 1.82) is 5.26 Å². The Morgan fingerprint density at radius 1 is 1.08 bits per heavy atom. The maximum Gasteiger partial charge on any atom is 0.207 e. The van der Waals surface area contributed by atoms with Crippen molar-refractivity contribution in [1.82, 2.24) is 9.88 Å². The molecule has 0 saturated carbocycles. The van der Waals surface area contributed by atoms with Crippen LogP contribution in [0.25, 0.3) is 10.8 Å². The van der Waals surface area contributed by atoms with Gasteiger partial charge in [-0.1, -0.05) is 48.5 Å². The van der Waals surface area contributed by atoms with Gasteiger partial charge in [-0.15, -0.1) is 0 Å². The highest BCUT2D eigenvalue weighted by Crippen LogP contribution is 2.16. The Morgan fingerprint density at radius 2 is 1.92 bits per heavy atom. The molecule has 0 unspecified atom stereocenters. The van der Waals surface area contributed by atoms with Crippen molar-refractivity contribution >= 4 is 16.6 Å². The molecule has 26 heavy (non-hydrogen) atoms. The molecule has 0 bridgehead atoms. The van der Waals surface area contributed by atoms with Gasteiger partial charge in [-0.05, 0) is 22.6 Å². The molecule has 2 N–H and O–H groups in total. The van der Waals surface area contributed by atoms with Crippen LogP contribution in [0.4, 0.5) is 0 Å². The molecule has 3 rings (SSSR count). The van der Waals surface area contributed by atoms with E-state index in [1.807, 2.05) is 42.7 Å². The summed E-state index contributed by atoms with van der Waals surface area (Å²) >= 11 is 0. The number of pyridine rings is 1. The molecule has 130 valence electrons. The zero-order chi connectivity index (χ0) is 18.2. The van der Waals surface area contributed by atoms with E-state index in [0.29, 0.717) is 26.1 Å². The third kappa shape index (κ3) is 4.44. The molecule has 0 aliphatic rings. The predicted molar refractivity (Wildman–Crippen MR) is 104 cm³/mol. The molecule has 1 heterocycles. The van der Waals surface area contributed by atoms with Gasteiger partial charge in [0.1, 0.15) is 5.84 Å². The zero-order valence-corrected chi connectivity index (χ0v) is 14.5. The van der Waals surface area contributed by atoms with E-state index < -0.39 is 0 Å². The number of hydrogen-bond donors (Lipinski definition) is 1. The zero-order valence-electron chi connectivity index (χ0n) is 14.5. The first kappa shape index (κ1) is 17.6. The Labute approximate surface area is 153 Å². The van der Waals surface area contributed by atoms with Gasteiger partial charge in [-0.25, -0.2) is 0 Å².